The molecule has 0 amide bonds. The maximum absolute atomic E-state index is 7.09. The van der Waals surface area contributed by atoms with Gasteiger partial charge in [-0.25, -0.2) is 0 Å². The molecule has 1 nitrogen and oxygen atoms in total. The molecule has 0 aliphatic carbocycles. The molecule has 6 aromatic rings. The van der Waals surface area contributed by atoms with Crippen LogP contribution in [0.4, 0.5) is 17.1 Å². The van der Waals surface area contributed by atoms with E-state index >= 15 is 0 Å². The molecule has 2 aliphatic heterocycles. The maximum Gasteiger partial charge on any atom is 0.0742 e. The fraction of sp³-hybridized carbons (Fsp3) is 0.122. The van der Waals surface area contributed by atoms with Gasteiger partial charge in [0.15, 0.2) is 0 Å². The molecule has 3 heteroatoms. The molecule has 1 atom stereocenters. The summed E-state index contributed by atoms with van der Waals surface area (Å²) in [7, 11) is 0. The minimum Gasteiger partial charge on any atom is -0.308 e. The summed E-state index contributed by atoms with van der Waals surface area (Å²) >= 11 is 7.09. The third-order valence-electron chi connectivity index (χ3n) is 9.49. The van der Waals surface area contributed by atoms with E-state index in [1.165, 1.54) is 60.8 Å². The number of nitrogens with zero attached hydrogens (tertiary/aromatic N) is 1. The number of rotatable bonds is 3. The zero-order valence-electron chi connectivity index (χ0n) is 25.2. The molecule has 0 fully saturated rings. The molecule has 0 N–H and O–H groups in total. The standard InChI is InChI=1S/C41H34NPS/c1-40(2,3)31-26-27-36-38(28-31)43(44,32-20-11-6-12-21-32)37-25-15-23-34-39(37)42(36)35-24-14-13-22-33(35)41(34,29-16-7-4-8-17-29)30-18-9-5-10-19-30/h4-28H,1-3H3. The minimum atomic E-state index is -2.45. The topological polar surface area (TPSA) is 3.24 Å². The van der Waals surface area contributed by atoms with Crippen LogP contribution in [0.3, 0.4) is 0 Å². The quantitative estimate of drug-likeness (QED) is 0.185. The highest BCUT2D eigenvalue weighted by Gasteiger charge is 2.50. The van der Waals surface area contributed by atoms with Gasteiger partial charge in [0.1, 0.15) is 0 Å². The first kappa shape index (κ1) is 27.3. The Morgan fingerprint density at radius 1 is 0.545 bits per heavy atom. The largest absolute Gasteiger partial charge is 0.308 e. The Morgan fingerprint density at radius 2 is 1.11 bits per heavy atom. The van der Waals surface area contributed by atoms with Crippen LogP contribution >= 0.6 is 6.04 Å². The van der Waals surface area contributed by atoms with Crippen molar-refractivity contribution < 1.29 is 0 Å². The van der Waals surface area contributed by atoms with E-state index in [0.717, 1.165) is 0 Å². The summed E-state index contributed by atoms with van der Waals surface area (Å²) in [5.41, 5.74) is 9.53. The van der Waals surface area contributed by atoms with E-state index in [1.54, 1.807) is 0 Å². The lowest BCUT2D eigenvalue weighted by molar-refractivity contribution is 0.591. The zero-order chi connectivity index (χ0) is 30.1. The summed E-state index contributed by atoms with van der Waals surface area (Å²) in [6.45, 7) is 6.87. The van der Waals surface area contributed by atoms with Gasteiger partial charge in [0.25, 0.3) is 0 Å². The smallest absolute Gasteiger partial charge is 0.0742 e. The Hall–Kier alpha value is -4.23. The predicted octanol–water partition coefficient (Wildman–Crippen LogP) is 9.22. The highest BCUT2D eigenvalue weighted by atomic mass is 32.4. The van der Waals surface area contributed by atoms with Crippen LogP contribution in [0.1, 0.15) is 48.6 Å². The number of fused-ring (bicyclic) bond motifs is 4. The summed E-state index contributed by atoms with van der Waals surface area (Å²) in [5, 5.41) is 3.78. The number of hydrogen-bond donors (Lipinski definition) is 0. The third-order valence-corrected chi connectivity index (χ3v) is 14.4. The second kappa shape index (κ2) is 9.89. The highest BCUT2D eigenvalue weighted by molar-refractivity contribution is 8.25. The predicted molar refractivity (Wildman–Crippen MR) is 191 cm³/mol. The molecule has 1 unspecified atom stereocenters. The lowest BCUT2D eigenvalue weighted by Gasteiger charge is -2.50. The monoisotopic (exact) mass is 603 g/mol. The van der Waals surface area contributed by atoms with Gasteiger partial charge in [0.2, 0.25) is 0 Å². The van der Waals surface area contributed by atoms with E-state index in [2.05, 4.69) is 177 Å². The van der Waals surface area contributed by atoms with Crippen molar-refractivity contribution in [2.75, 3.05) is 4.90 Å². The van der Waals surface area contributed by atoms with E-state index in [0.29, 0.717) is 0 Å². The maximum atomic E-state index is 7.09. The van der Waals surface area contributed by atoms with Gasteiger partial charge in [0.05, 0.1) is 22.5 Å². The lowest BCUT2D eigenvalue weighted by Crippen LogP contribution is -2.45. The van der Waals surface area contributed by atoms with Crippen LogP contribution in [0.5, 0.6) is 0 Å². The highest BCUT2D eigenvalue weighted by Crippen LogP contribution is 2.63. The second-order valence-corrected chi connectivity index (χ2v) is 17.2. The van der Waals surface area contributed by atoms with Crippen LogP contribution in [0, 0.1) is 0 Å². The van der Waals surface area contributed by atoms with Gasteiger partial charge in [-0.3, -0.25) is 0 Å². The molecular weight excluding hydrogens is 569 g/mol. The molecule has 2 heterocycles. The van der Waals surface area contributed by atoms with Crippen LogP contribution in [-0.2, 0) is 22.6 Å². The second-order valence-electron chi connectivity index (χ2n) is 12.9. The van der Waals surface area contributed by atoms with Gasteiger partial charge in [-0.1, -0.05) is 166 Å². The molecule has 0 bridgehead atoms. The van der Waals surface area contributed by atoms with Gasteiger partial charge >= 0.3 is 0 Å². The van der Waals surface area contributed by atoms with Crippen molar-refractivity contribution in [1.29, 1.82) is 0 Å². The summed E-state index contributed by atoms with van der Waals surface area (Å²) < 4.78 is 0. The van der Waals surface area contributed by atoms with Crippen molar-refractivity contribution in [2.45, 2.75) is 31.6 Å². The molecule has 0 saturated heterocycles. The molecule has 0 radical (unpaired) electrons. The average molecular weight is 604 g/mol. The average Bonchev–Trinajstić information content (AvgIpc) is 3.07. The molecule has 6 aromatic carbocycles. The van der Waals surface area contributed by atoms with Crippen molar-refractivity contribution in [3.05, 3.63) is 179 Å². The Labute approximate surface area is 265 Å². The van der Waals surface area contributed by atoms with E-state index in [-0.39, 0.29) is 5.41 Å². The molecular formula is C41H34NPS. The molecule has 8 rings (SSSR count). The van der Waals surface area contributed by atoms with Crippen LogP contribution in [-0.4, -0.2) is 0 Å². The fourth-order valence-corrected chi connectivity index (χ4v) is 11.8. The Balaban J connectivity index is 1.57. The SMILES string of the molecule is CC(C)(C)c1ccc2c(c1)P(=S)(c1ccccc1)c1cccc3c1N2c1ccccc1C3(c1ccccc1)c1ccccc1. The van der Waals surface area contributed by atoms with Crippen LogP contribution in [0.15, 0.2) is 152 Å². The van der Waals surface area contributed by atoms with E-state index < -0.39 is 11.5 Å². The van der Waals surface area contributed by atoms with E-state index in [4.69, 9.17) is 11.8 Å². The molecule has 0 aromatic heterocycles. The summed E-state index contributed by atoms with van der Waals surface area (Å²) in [5.74, 6) is 0. The first-order valence-electron chi connectivity index (χ1n) is 15.3. The third kappa shape index (κ3) is 3.68. The van der Waals surface area contributed by atoms with E-state index in [9.17, 15) is 0 Å². The van der Waals surface area contributed by atoms with Gasteiger partial charge < -0.3 is 4.90 Å². The number of hydrogen-bond acceptors (Lipinski definition) is 2. The van der Waals surface area contributed by atoms with Crippen LogP contribution < -0.4 is 20.8 Å². The summed E-state index contributed by atoms with van der Waals surface area (Å²) in [6.07, 6.45) is 0. The number of para-hydroxylation sites is 2. The van der Waals surface area contributed by atoms with Crippen molar-refractivity contribution in [3.8, 4) is 0 Å². The Morgan fingerprint density at radius 3 is 1.75 bits per heavy atom. The summed E-state index contributed by atoms with van der Waals surface area (Å²) in [6, 6.07) is 53.5. The fourth-order valence-electron chi connectivity index (χ4n) is 7.47. The van der Waals surface area contributed by atoms with Gasteiger partial charge in [-0.2, -0.15) is 0 Å². The molecule has 44 heavy (non-hydrogen) atoms. The van der Waals surface area contributed by atoms with Crippen molar-refractivity contribution >= 4 is 50.8 Å². The minimum absolute atomic E-state index is 0.00356. The van der Waals surface area contributed by atoms with Gasteiger partial charge in [0, 0.05) is 16.6 Å². The summed E-state index contributed by atoms with van der Waals surface area (Å²) in [4.78, 5) is 2.53. The molecule has 0 saturated carbocycles. The van der Waals surface area contributed by atoms with Gasteiger partial charge in [-0.05, 0) is 56.7 Å². The van der Waals surface area contributed by atoms with E-state index in [1.807, 2.05) is 0 Å². The Kier molecular flexibility index (Phi) is 6.14. The first-order valence-corrected chi connectivity index (χ1v) is 18.1. The van der Waals surface area contributed by atoms with Gasteiger partial charge in [-0.15, -0.1) is 0 Å². The van der Waals surface area contributed by atoms with Crippen LogP contribution in [0.25, 0.3) is 0 Å². The normalized spacial score (nSPS) is 17.8. The Bertz CT molecular complexity index is 2040. The molecule has 0 spiro atoms. The van der Waals surface area contributed by atoms with Crippen molar-refractivity contribution in [3.63, 3.8) is 0 Å². The lowest BCUT2D eigenvalue weighted by atomic mass is 9.62. The van der Waals surface area contributed by atoms with Crippen LogP contribution in [0.2, 0.25) is 0 Å². The van der Waals surface area contributed by atoms with Crippen molar-refractivity contribution in [1.82, 2.24) is 0 Å². The number of anilines is 3. The zero-order valence-corrected chi connectivity index (χ0v) is 26.9. The van der Waals surface area contributed by atoms with Crippen molar-refractivity contribution in [2.24, 2.45) is 0 Å². The first-order chi connectivity index (χ1) is 21.4. The molecule has 214 valence electrons. The number of benzene rings is 6. The molecule has 2 aliphatic rings.